The Kier molecular flexibility index (Phi) is 7.78. The lowest BCUT2D eigenvalue weighted by Crippen LogP contribution is -2.32. The number of amides is 1. The van der Waals surface area contributed by atoms with Gasteiger partial charge < -0.3 is 14.0 Å². The van der Waals surface area contributed by atoms with E-state index >= 15 is 0 Å². The summed E-state index contributed by atoms with van der Waals surface area (Å²) in [5.74, 6) is -1.82. The van der Waals surface area contributed by atoms with Gasteiger partial charge >= 0.3 is 11.9 Å². The van der Waals surface area contributed by atoms with E-state index in [2.05, 4.69) is 10.3 Å². The molecule has 4 rings (SSSR count). The van der Waals surface area contributed by atoms with Gasteiger partial charge in [0.05, 0.1) is 18.7 Å². The number of nitrogens with one attached hydrogen (secondary N) is 1. The number of rotatable bonds is 8. The summed E-state index contributed by atoms with van der Waals surface area (Å²) in [6, 6.07) is 16.3. The predicted molar refractivity (Wildman–Crippen MR) is 141 cm³/mol. The van der Waals surface area contributed by atoms with E-state index in [4.69, 9.17) is 9.47 Å². The number of carbonyl (C=O) groups is 3. The van der Waals surface area contributed by atoms with Crippen molar-refractivity contribution in [2.45, 2.75) is 26.4 Å². The summed E-state index contributed by atoms with van der Waals surface area (Å²) in [5, 5.41) is 5.57. The third kappa shape index (κ3) is 5.59. The van der Waals surface area contributed by atoms with Gasteiger partial charge in [-0.1, -0.05) is 48.5 Å². The van der Waals surface area contributed by atoms with Crippen molar-refractivity contribution < 1.29 is 23.9 Å². The maximum absolute atomic E-state index is 13.4. The fourth-order valence-corrected chi connectivity index (χ4v) is 4.60. The Labute approximate surface area is 216 Å². The molecule has 10 heteroatoms. The predicted octanol–water partition coefficient (Wildman–Crippen LogP) is 3.95. The second kappa shape index (κ2) is 11.2. The minimum absolute atomic E-state index is 0.0109. The molecule has 2 aromatic carbocycles. The summed E-state index contributed by atoms with van der Waals surface area (Å²) in [4.78, 5) is 55.0. The molecule has 190 valence electrons. The van der Waals surface area contributed by atoms with Crippen LogP contribution in [0.1, 0.15) is 30.0 Å². The van der Waals surface area contributed by atoms with E-state index in [1.807, 2.05) is 30.3 Å². The molecule has 2 aromatic heterocycles. The Morgan fingerprint density at radius 2 is 1.73 bits per heavy atom. The first-order valence-corrected chi connectivity index (χ1v) is 12.5. The van der Waals surface area contributed by atoms with Gasteiger partial charge in [0.15, 0.2) is 11.2 Å². The number of anilines is 1. The van der Waals surface area contributed by atoms with Gasteiger partial charge in [0, 0.05) is 23.4 Å². The summed E-state index contributed by atoms with van der Waals surface area (Å²) in [6.45, 7) is 3.41. The van der Waals surface area contributed by atoms with Crippen LogP contribution in [0.5, 0.6) is 0 Å². The van der Waals surface area contributed by atoms with Crippen molar-refractivity contribution in [2.24, 2.45) is 7.05 Å². The Bertz CT molecular complexity index is 1530. The van der Waals surface area contributed by atoms with E-state index in [0.29, 0.717) is 22.0 Å². The topological polar surface area (TPSA) is 117 Å². The fourth-order valence-electron chi connectivity index (χ4n) is 3.88. The molecule has 0 fully saturated rings. The van der Waals surface area contributed by atoms with Gasteiger partial charge in [-0.2, -0.15) is 0 Å². The molecule has 1 unspecified atom stereocenters. The lowest BCUT2D eigenvalue weighted by Gasteiger charge is -2.18. The average Bonchev–Trinajstić information content (AvgIpc) is 3.32. The van der Waals surface area contributed by atoms with Crippen LogP contribution in [-0.2, 0) is 32.5 Å². The standard InChI is InChI=1S/C27H25N3O6S/c1-4-35-21(31)14-18-15-37-27(28-18)29-24(32)16(2)36-26(34)23-22(17-10-6-5-7-11-17)19-12-8-9-13-20(19)25(33)30(23)3/h5-13,15-16H,4,14H2,1-3H3,(H,28,29,32). The van der Waals surface area contributed by atoms with Crippen molar-refractivity contribution in [1.82, 2.24) is 9.55 Å². The molecule has 9 nitrogen and oxygen atoms in total. The van der Waals surface area contributed by atoms with Crippen molar-refractivity contribution in [3.8, 4) is 11.1 Å². The second-order valence-electron chi connectivity index (χ2n) is 8.16. The molecule has 0 aliphatic rings. The summed E-state index contributed by atoms with van der Waals surface area (Å²) in [6.07, 6.45) is -1.20. The number of thiazole rings is 1. The molecular formula is C27H25N3O6S. The number of carbonyl (C=O) groups excluding carboxylic acids is 3. The number of esters is 2. The number of ether oxygens (including phenoxy) is 2. The summed E-state index contributed by atoms with van der Waals surface area (Å²) in [7, 11) is 1.50. The third-order valence-electron chi connectivity index (χ3n) is 5.63. The maximum Gasteiger partial charge on any atom is 0.356 e. The van der Waals surface area contributed by atoms with E-state index in [-0.39, 0.29) is 29.4 Å². The zero-order valence-corrected chi connectivity index (χ0v) is 21.3. The molecule has 4 aromatic rings. The molecule has 0 aliphatic carbocycles. The number of fused-ring (bicyclic) bond motifs is 1. The van der Waals surface area contributed by atoms with Crippen molar-refractivity contribution in [2.75, 3.05) is 11.9 Å². The number of hydrogen-bond donors (Lipinski definition) is 1. The van der Waals surface area contributed by atoms with Gasteiger partial charge in [-0.25, -0.2) is 9.78 Å². The van der Waals surface area contributed by atoms with E-state index in [1.54, 1.807) is 36.6 Å². The van der Waals surface area contributed by atoms with Crippen LogP contribution in [0, 0.1) is 0 Å². The first-order valence-electron chi connectivity index (χ1n) is 11.6. The van der Waals surface area contributed by atoms with Crippen LogP contribution < -0.4 is 10.9 Å². The van der Waals surface area contributed by atoms with E-state index < -0.39 is 23.9 Å². The summed E-state index contributed by atoms with van der Waals surface area (Å²) in [5.41, 5.74) is 1.42. The fraction of sp³-hybridized carbons (Fsp3) is 0.222. The zero-order valence-electron chi connectivity index (χ0n) is 20.5. The van der Waals surface area contributed by atoms with Gasteiger partial charge in [-0.3, -0.25) is 19.7 Å². The number of pyridine rings is 1. The Morgan fingerprint density at radius 3 is 2.43 bits per heavy atom. The van der Waals surface area contributed by atoms with Crippen LogP contribution in [0.15, 0.2) is 64.8 Å². The Balaban J connectivity index is 1.59. The summed E-state index contributed by atoms with van der Waals surface area (Å²) >= 11 is 1.14. The monoisotopic (exact) mass is 519 g/mol. The molecule has 0 saturated heterocycles. The van der Waals surface area contributed by atoms with Gasteiger partial charge in [-0.05, 0) is 30.9 Å². The smallest absolute Gasteiger partial charge is 0.356 e. The lowest BCUT2D eigenvalue weighted by molar-refractivity contribution is -0.142. The molecule has 1 amide bonds. The number of aromatic nitrogens is 2. The largest absolute Gasteiger partial charge is 0.466 e. The van der Waals surface area contributed by atoms with Gasteiger partial charge in [0.1, 0.15) is 5.69 Å². The SMILES string of the molecule is CCOC(=O)Cc1csc(NC(=O)C(C)OC(=O)c2c(-c3ccccc3)c3ccccc3c(=O)n2C)n1. The number of nitrogens with zero attached hydrogens (tertiary/aromatic N) is 2. The molecule has 37 heavy (non-hydrogen) atoms. The minimum atomic E-state index is -1.19. The van der Waals surface area contributed by atoms with Crippen LogP contribution in [-0.4, -0.2) is 40.1 Å². The molecule has 0 radical (unpaired) electrons. The van der Waals surface area contributed by atoms with Gasteiger partial charge in [0.25, 0.3) is 11.5 Å². The highest BCUT2D eigenvalue weighted by Gasteiger charge is 2.26. The maximum atomic E-state index is 13.4. The highest BCUT2D eigenvalue weighted by Crippen LogP contribution is 2.31. The lowest BCUT2D eigenvalue weighted by atomic mass is 9.97. The van der Waals surface area contributed by atoms with Crippen LogP contribution in [0.25, 0.3) is 21.9 Å². The van der Waals surface area contributed by atoms with Crippen molar-refractivity contribution in [1.29, 1.82) is 0 Å². The molecule has 0 aliphatic heterocycles. The third-order valence-corrected chi connectivity index (χ3v) is 6.43. The Morgan fingerprint density at radius 1 is 1.05 bits per heavy atom. The normalized spacial score (nSPS) is 11.6. The van der Waals surface area contributed by atoms with Crippen LogP contribution in [0.4, 0.5) is 5.13 Å². The van der Waals surface area contributed by atoms with Gasteiger partial charge in [-0.15, -0.1) is 11.3 Å². The first-order chi connectivity index (χ1) is 17.8. The highest BCUT2D eigenvalue weighted by molar-refractivity contribution is 7.13. The Hall–Kier alpha value is -4.31. The van der Waals surface area contributed by atoms with Crippen molar-refractivity contribution in [3.05, 3.63) is 81.7 Å². The van der Waals surface area contributed by atoms with E-state index in [9.17, 15) is 19.2 Å². The highest BCUT2D eigenvalue weighted by atomic mass is 32.1. The molecule has 0 bridgehead atoms. The molecule has 2 heterocycles. The van der Waals surface area contributed by atoms with Gasteiger partial charge in [0.2, 0.25) is 0 Å². The number of benzene rings is 2. The van der Waals surface area contributed by atoms with E-state index in [1.165, 1.54) is 18.5 Å². The quantitative estimate of drug-likeness (QED) is 0.350. The van der Waals surface area contributed by atoms with E-state index in [0.717, 1.165) is 16.9 Å². The first kappa shape index (κ1) is 25.8. The van der Waals surface area contributed by atoms with Crippen LogP contribution >= 0.6 is 11.3 Å². The molecule has 0 saturated carbocycles. The molecule has 0 spiro atoms. The second-order valence-corrected chi connectivity index (χ2v) is 9.02. The average molecular weight is 520 g/mol. The van der Waals surface area contributed by atoms with Crippen LogP contribution in [0.3, 0.4) is 0 Å². The number of hydrogen-bond acceptors (Lipinski definition) is 8. The van der Waals surface area contributed by atoms with Crippen molar-refractivity contribution >= 4 is 45.1 Å². The molecule has 1 atom stereocenters. The molecule has 1 N–H and O–H groups in total. The van der Waals surface area contributed by atoms with Crippen LogP contribution in [0.2, 0.25) is 0 Å². The van der Waals surface area contributed by atoms with Crippen molar-refractivity contribution in [3.63, 3.8) is 0 Å². The molecular weight excluding hydrogens is 494 g/mol. The summed E-state index contributed by atoms with van der Waals surface area (Å²) < 4.78 is 11.7. The zero-order chi connectivity index (χ0) is 26.5. The minimum Gasteiger partial charge on any atom is -0.466 e.